The van der Waals surface area contributed by atoms with Crippen LogP contribution in [0.15, 0.2) is 42.5 Å². The topological polar surface area (TPSA) is 55.4 Å². The standard InChI is InChI=1S/C13H9Cl2NO3S/c14-9-3-1-2-8(6-9)13-11-7-10(15)4-5-12(11)19-20(17,18)16-13/h1-7,13,16H/t13-/m1/s1. The van der Waals surface area contributed by atoms with Crippen LogP contribution in [0.3, 0.4) is 0 Å². The third kappa shape index (κ3) is 2.62. The molecule has 7 heteroatoms. The third-order valence-electron chi connectivity index (χ3n) is 2.93. The van der Waals surface area contributed by atoms with Crippen LogP contribution in [-0.4, -0.2) is 8.42 Å². The molecule has 0 saturated heterocycles. The Morgan fingerprint density at radius 1 is 1.05 bits per heavy atom. The molecule has 0 aliphatic carbocycles. The highest BCUT2D eigenvalue weighted by Gasteiger charge is 2.31. The van der Waals surface area contributed by atoms with E-state index in [9.17, 15) is 8.42 Å². The zero-order chi connectivity index (χ0) is 14.3. The quantitative estimate of drug-likeness (QED) is 0.873. The normalized spacial score (nSPS) is 20.0. The van der Waals surface area contributed by atoms with E-state index in [4.69, 9.17) is 27.4 Å². The van der Waals surface area contributed by atoms with Gasteiger partial charge in [-0.25, -0.2) is 0 Å². The van der Waals surface area contributed by atoms with Gasteiger partial charge in [-0.3, -0.25) is 0 Å². The molecule has 0 fully saturated rings. The lowest BCUT2D eigenvalue weighted by Gasteiger charge is -2.26. The van der Waals surface area contributed by atoms with Gasteiger partial charge in [-0.1, -0.05) is 35.3 Å². The smallest absolute Gasteiger partial charge is 0.371 e. The predicted molar refractivity (Wildman–Crippen MR) is 77.4 cm³/mol. The van der Waals surface area contributed by atoms with Gasteiger partial charge in [-0.05, 0) is 35.9 Å². The first-order valence-corrected chi connectivity index (χ1v) is 7.88. The first kappa shape index (κ1) is 13.7. The van der Waals surface area contributed by atoms with Crippen LogP contribution in [0.4, 0.5) is 0 Å². The van der Waals surface area contributed by atoms with Crippen LogP contribution < -0.4 is 8.91 Å². The molecule has 0 saturated carbocycles. The fourth-order valence-corrected chi connectivity index (χ4v) is 3.47. The molecule has 1 aliphatic rings. The second-order valence-corrected chi connectivity index (χ2v) is 6.51. The molecule has 1 atom stereocenters. The van der Waals surface area contributed by atoms with Gasteiger partial charge in [0.05, 0.1) is 6.04 Å². The van der Waals surface area contributed by atoms with Crippen molar-refractivity contribution in [1.82, 2.24) is 4.72 Å². The maximum absolute atomic E-state index is 11.8. The fourth-order valence-electron chi connectivity index (χ4n) is 2.10. The summed E-state index contributed by atoms with van der Waals surface area (Å²) in [5, 5.41) is 1.03. The van der Waals surface area contributed by atoms with Crippen molar-refractivity contribution in [2.75, 3.05) is 0 Å². The molecule has 0 radical (unpaired) electrons. The highest BCUT2D eigenvalue weighted by Crippen LogP contribution is 2.37. The van der Waals surface area contributed by atoms with Gasteiger partial charge in [-0.15, -0.1) is 0 Å². The summed E-state index contributed by atoms with van der Waals surface area (Å²) in [6.45, 7) is 0. The third-order valence-corrected chi connectivity index (χ3v) is 4.32. The van der Waals surface area contributed by atoms with Crippen LogP contribution in [0.25, 0.3) is 0 Å². The van der Waals surface area contributed by atoms with Crippen molar-refractivity contribution in [3.05, 3.63) is 63.6 Å². The SMILES string of the molecule is O=S1(=O)N[C@H](c2cccc(Cl)c2)c2cc(Cl)ccc2O1. The van der Waals surface area contributed by atoms with Crippen LogP contribution in [0.5, 0.6) is 5.75 Å². The predicted octanol–water partition coefficient (Wildman–Crippen LogP) is 3.31. The summed E-state index contributed by atoms with van der Waals surface area (Å²) in [5.41, 5.74) is 1.36. The van der Waals surface area contributed by atoms with E-state index in [0.717, 1.165) is 0 Å². The number of hydrogen-bond donors (Lipinski definition) is 1. The maximum atomic E-state index is 11.8. The molecule has 2 aromatic carbocycles. The van der Waals surface area contributed by atoms with E-state index in [2.05, 4.69) is 4.72 Å². The number of nitrogens with one attached hydrogen (secondary N) is 1. The number of halogens is 2. The van der Waals surface area contributed by atoms with E-state index in [1.165, 1.54) is 6.07 Å². The minimum Gasteiger partial charge on any atom is -0.371 e. The molecule has 3 rings (SSSR count). The van der Waals surface area contributed by atoms with Crippen LogP contribution in [0.1, 0.15) is 17.2 Å². The van der Waals surface area contributed by atoms with Crippen molar-refractivity contribution in [3.8, 4) is 5.75 Å². The number of rotatable bonds is 1. The van der Waals surface area contributed by atoms with Gasteiger partial charge < -0.3 is 4.18 Å². The molecule has 20 heavy (non-hydrogen) atoms. The molecule has 1 N–H and O–H groups in total. The summed E-state index contributed by atoms with van der Waals surface area (Å²) in [4.78, 5) is 0. The van der Waals surface area contributed by atoms with Crippen LogP contribution in [0.2, 0.25) is 10.0 Å². The molecule has 0 aromatic heterocycles. The van der Waals surface area contributed by atoms with E-state index in [1.807, 2.05) is 0 Å². The summed E-state index contributed by atoms with van der Waals surface area (Å²) in [7, 11) is -3.86. The Bertz CT molecular complexity index is 777. The van der Waals surface area contributed by atoms with Gasteiger partial charge in [-0.2, -0.15) is 13.1 Å². The van der Waals surface area contributed by atoms with E-state index in [-0.39, 0.29) is 5.75 Å². The Labute approximate surface area is 126 Å². The molecule has 0 bridgehead atoms. The Morgan fingerprint density at radius 3 is 2.55 bits per heavy atom. The molecule has 1 aliphatic heterocycles. The summed E-state index contributed by atoms with van der Waals surface area (Å²) in [6, 6.07) is 11.2. The lowest BCUT2D eigenvalue weighted by Crippen LogP contribution is -2.37. The first-order valence-electron chi connectivity index (χ1n) is 5.71. The van der Waals surface area contributed by atoms with Crippen molar-refractivity contribution >= 4 is 33.5 Å². The summed E-state index contributed by atoms with van der Waals surface area (Å²) < 4.78 is 30.9. The lowest BCUT2D eigenvalue weighted by atomic mass is 9.99. The van der Waals surface area contributed by atoms with Crippen LogP contribution in [0, 0.1) is 0 Å². The Balaban J connectivity index is 2.18. The summed E-state index contributed by atoms with van der Waals surface area (Å²) >= 11 is 11.9. The van der Waals surface area contributed by atoms with Crippen molar-refractivity contribution in [1.29, 1.82) is 0 Å². The van der Waals surface area contributed by atoms with Crippen molar-refractivity contribution < 1.29 is 12.6 Å². The van der Waals surface area contributed by atoms with E-state index < -0.39 is 16.3 Å². The van der Waals surface area contributed by atoms with E-state index in [1.54, 1.807) is 36.4 Å². The molecule has 1 heterocycles. The number of fused-ring (bicyclic) bond motifs is 1. The van der Waals surface area contributed by atoms with Gasteiger partial charge in [0.25, 0.3) is 0 Å². The monoisotopic (exact) mass is 329 g/mol. The minimum absolute atomic E-state index is 0.262. The zero-order valence-corrected chi connectivity index (χ0v) is 12.3. The first-order chi connectivity index (χ1) is 9.44. The maximum Gasteiger partial charge on any atom is 0.383 e. The Morgan fingerprint density at radius 2 is 1.80 bits per heavy atom. The molecule has 4 nitrogen and oxygen atoms in total. The number of hydrogen-bond acceptors (Lipinski definition) is 3. The fraction of sp³-hybridized carbons (Fsp3) is 0.0769. The zero-order valence-electron chi connectivity index (χ0n) is 10.0. The van der Waals surface area contributed by atoms with E-state index in [0.29, 0.717) is 21.2 Å². The minimum atomic E-state index is -3.86. The van der Waals surface area contributed by atoms with Crippen LogP contribution in [-0.2, 0) is 10.3 Å². The molecule has 0 unspecified atom stereocenters. The van der Waals surface area contributed by atoms with Gasteiger partial charge in [0.15, 0.2) is 0 Å². The van der Waals surface area contributed by atoms with Gasteiger partial charge >= 0.3 is 10.3 Å². The largest absolute Gasteiger partial charge is 0.383 e. The van der Waals surface area contributed by atoms with Gasteiger partial charge in [0.1, 0.15) is 5.75 Å². The van der Waals surface area contributed by atoms with Gasteiger partial charge in [0, 0.05) is 15.6 Å². The number of benzene rings is 2. The van der Waals surface area contributed by atoms with Crippen LogP contribution >= 0.6 is 23.2 Å². The highest BCUT2D eigenvalue weighted by atomic mass is 35.5. The Kier molecular flexibility index (Phi) is 3.38. The summed E-state index contributed by atoms with van der Waals surface area (Å²) in [5.74, 6) is 0.262. The molecule has 2 aromatic rings. The van der Waals surface area contributed by atoms with Crippen molar-refractivity contribution in [2.24, 2.45) is 0 Å². The average Bonchev–Trinajstić information content (AvgIpc) is 2.38. The van der Waals surface area contributed by atoms with Crippen molar-refractivity contribution in [3.63, 3.8) is 0 Å². The second kappa shape index (κ2) is 4.93. The Hall–Kier alpha value is -1.27. The second-order valence-electron chi connectivity index (χ2n) is 4.33. The average molecular weight is 330 g/mol. The molecule has 0 spiro atoms. The highest BCUT2D eigenvalue weighted by molar-refractivity contribution is 7.85. The van der Waals surface area contributed by atoms with Gasteiger partial charge in [0.2, 0.25) is 0 Å². The molecular weight excluding hydrogens is 321 g/mol. The molecule has 0 amide bonds. The van der Waals surface area contributed by atoms with Crippen molar-refractivity contribution in [2.45, 2.75) is 6.04 Å². The molecular formula is C13H9Cl2NO3S. The lowest BCUT2D eigenvalue weighted by molar-refractivity contribution is 0.442. The summed E-state index contributed by atoms with van der Waals surface area (Å²) in [6.07, 6.45) is 0. The molecule has 104 valence electrons. The van der Waals surface area contributed by atoms with E-state index >= 15 is 0 Å².